The van der Waals surface area contributed by atoms with E-state index in [1.54, 1.807) is 36.4 Å². The number of carbonyl (C=O) groups excluding carboxylic acids is 3. The maximum Gasteiger partial charge on any atom is 0.338 e. The fourth-order valence-electron chi connectivity index (χ4n) is 2.46. The second kappa shape index (κ2) is 12.6. The van der Waals surface area contributed by atoms with Crippen molar-refractivity contribution in [2.45, 2.75) is 6.92 Å². The van der Waals surface area contributed by atoms with Crippen LogP contribution in [0.25, 0.3) is 6.08 Å². The fraction of sp³-hybridized carbons (Fsp3) is 0.208. The first-order chi connectivity index (χ1) is 15.7. The first kappa shape index (κ1) is 25.0. The summed E-state index contributed by atoms with van der Waals surface area (Å²) in [5.74, 6) is -1.07. The quantitative estimate of drug-likeness (QED) is 0.172. The Kier molecular flexibility index (Phi) is 9.51. The average molecular weight is 454 g/mol. The van der Waals surface area contributed by atoms with Crippen molar-refractivity contribution in [3.8, 4) is 5.75 Å². The van der Waals surface area contributed by atoms with Crippen LogP contribution in [0.15, 0.2) is 60.7 Å². The van der Waals surface area contributed by atoms with E-state index in [1.165, 1.54) is 25.1 Å². The SMILES string of the molecule is C=C(C)C(=O)OCCOC(=O)/C=C/c1ccc(OCCOC(=O)c2cc(N)cc(N)c2)cc1. The van der Waals surface area contributed by atoms with Crippen LogP contribution in [0.3, 0.4) is 0 Å². The number of hydrogen-bond donors (Lipinski definition) is 2. The van der Waals surface area contributed by atoms with E-state index in [0.717, 1.165) is 5.56 Å². The highest BCUT2D eigenvalue weighted by atomic mass is 16.6. The molecule has 0 saturated heterocycles. The lowest BCUT2D eigenvalue weighted by atomic mass is 10.2. The van der Waals surface area contributed by atoms with Crippen LogP contribution >= 0.6 is 0 Å². The number of anilines is 2. The third kappa shape index (κ3) is 9.18. The van der Waals surface area contributed by atoms with Gasteiger partial charge in [0.05, 0.1) is 5.56 Å². The number of hydrogen-bond acceptors (Lipinski definition) is 9. The zero-order chi connectivity index (χ0) is 24.2. The third-order valence-electron chi connectivity index (χ3n) is 4.00. The van der Waals surface area contributed by atoms with Gasteiger partial charge in [-0.1, -0.05) is 18.7 Å². The van der Waals surface area contributed by atoms with E-state index in [-0.39, 0.29) is 37.6 Å². The number of nitrogens with two attached hydrogens (primary N) is 2. The molecule has 0 aliphatic carbocycles. The lowest BCUT2D eigenvalue weighted by Crippen LogP contribution is -2.13. The van der Waals surface area contributed by atoms with E-state index in [1.807, 2.05) is 0 Å². The standard InChI is InChI=1S/C24H26N2O7/c1-16(2)23(28)32-12-10-31-22(27)8-5-17-3-6-21(7-4-17)30-9-11-33-24(29)18-13-19(25)15-20(26)14-18/h3-8,13-15H,1,9-12,25-26H2,2H3/b8-5+. The molecule has 0 saturated carbocycles. The third-order valence-corrected chi connectivity index (χ3v) is 4.00. The molecule has 0 amide bonds. The highest BCUT2D eigenvalue weighted by molar-refractivity contribution is 5.91. The predicted octanol–water partition coefficient (Wildman–Crippen LogP) is 2.76. The van der Waals surface area contributed by atoms with Gasteiger partial charge in [0.2, 0.25) is 0 Å². The summed E-state index contributed by atoms with van der Waals surface area (Å²) in [4.78, 5) is 34.9. The Hall–Kier alpha value is -4.27. The van der Waals surface area contributed by atoms with Crippen LogP contribution in [-0.2, 0) is 23.8 Å². The van der Waals surface area contributed by atoms with Crippen molar-refractivity contribution in [1.82, 2.24) is 0 Å². The molecule has 0 fully saturated rings. The minimum atomic E-state index is -0.564. The van der Waals surface area contributed by atoms with Crippen molar-refractivity contribution in [2.75, 3.05) is 37.9 Å². The predicted molar refractivity (Wildman–Crippen MR) is 123 cm³/mol. The monoisotopic (exact) mass is 454 g/mol. The van der Waals surface area contributed by atoms with Crippen LogP contribution in [0.5, 0.6) is 5.75 Å². The number of rotatable bonds is 11. The van der Waals surface area contributed by atoms with Crippen molar-refractivity contribution >= 4 is 35.4 Å². The normalized spacial score (nSPS) is 10.5. The molecule has 0 aliphatic heterocycles. The second-order valence-electron chi connectivity index (χ2n) is 6.86. The summed E-state index contributed by atoms with van der Waals surface area (Å²) in [6.45, 7) is 5.09. The molecule has 0 atom stereocenters. The lowest BCUT2D eigenvalue weighted by molar-refractivity contribution is -0.146. The molecule has 4 N–H and O–H groups in total. The van der Waals surface area contributed by atoms with Gasteiger partial charge in [-0.2, -0.15) is 0 Å². The minimum Gasteiger partial charge on any atom is -0.490 e. The maximum absolute atomic E-state index is 12.0. The van der Waals surface area contributed by atoms with Crippen LogP contribution in [0.2, 0.25) is 0 Å². The van der Waals surface area contributed by atoms with Crippen LogP contribution in [-0.4, -0.2) is 44.3 Å². The summed E-state index contributed by atoms with van der Waals surface area (Å²) < 4.78 is 20.4. The van der Waals surface area contributed by atoms with Gasteiger partial charge in [0.15, 0.2) is 0 Å². The summed E-state index contributed by atoms with van der Waals surface area (Å²) in [5.41, 5.74) is 13.4. The Bertz CT molecular complexity index is 1010. The highest BCUT2D eigenvalue weighted by Crippen LogP contribution is 2.15. The van der Waals surface area contributed by atoms with Gasteiger partial charge in [0.1, 0.15) is 32.2 Å². The van der Waals surface area contributed by atoms with Gasteiger partial charge in [0, 0.05) is 23.0 Å². The molecule has 2 aromatic carbocycles. The van der Waals surface area contributed by atoms with Crippen molar-refractivity contribution in [2.24, 2.45) is 0 Å². The first-order valence-electron chi connectivity index (χ1n) is 9.98. The fourth-order valence-corrected chi connectivity index (χ4v) is 2.46. The van der Waals surface area contributed by atoms with Gasteiger partial charge in [-0.05, 0) is 48.9 Å². The molecular formula is C24H26N2O7. The molecule has 9 heteroatoms. The van der Waals surface area contributed by atoms with Crippen molar-refractivity contribution in [3.63, 3.8) is 0 Å². The molecule has 0 aromatic heterocycles. The van der Waals surface area contributed by atoms with E-state index in [0.29, 0.717) is 17.1 Å². The summed E-state index contributed by atoms with van der Waals surface area (Å²) >= 11 is 0. The molecule has 0 heterocycles. The molecule has 2 aromatic rings. The minimum absolute atomic E-state index is 0.0416. The lowest BCUT2D eigenvalue weighted by Gasteiger charge is -2.08. The van der Waals surface area contributed by atoms with E-state index in [4.69, 9.17) is 30.4 Å². The second-order valence-corrected chi connectivity index (χ2v) is 6.86. The summed E-state index contributed by atoms with van der Waals surface area (Å²) in [5, 5.41) is 0. The Morgan fingerprint density at radius 2 is 1.48 bits per heavy atom. The van der Waals surface area contributed by atoms with Crippen LogP contribution in [0.1, 0.15) is 22.8 Å². The van der Waals surface area contributed by atoms with E-state index < -0.39 is 17.9 Å². The summed E-state index contributed by atoms with van der Waals surface area (Å²) in [6, 6.07) is 11.4. The van der Waals surface area contributed by atoms with Gasteiger partial charge < -0.3 is 30.4 Å². The van der Waals surface area contributed by atoms with E-state index >= 15 is 0 Å². The van der Waals surface area contributed by atoms with Gasteiger partial charge >= 0.3 is 17.9 Å². The van der Waals surface area contributed by atoms with Crippen LogP contribution in [0.4, 0.5) is 11.4 Å². The molecule has 174 valence electrons. The molecule has 9 nitrogen and oxygen atoms in total. The van der Waals surface area contributed by atoms with Gasteiger partial charge in [0.25, 0.3) is 0 Å². The first-order valence-corrected chi connectivity index (χ1v) is 9.98. The number of benzene rings is 2. The maximum atomic E-state index is 12.0. The molecule has 0 aliphatic rings. The average Bonchev–Trinajstić information content (AvgIpc) is 2.77. The Balaban J connectivity index is 1.68. The molecule has 0 bridgehead atoms. The number of ether oxygens (including phenoxy) is 4. The summed E-state index contributed by atoms with van der Waals surface area (Å²) in [7, 11) is 0. The molecule has 33 heavy (non-hydrogen) atoms. The number of esters is 3. The van der Waals surface area contributed by atoms with Crippen molar-refractivity contribution in [3.05, 3.63) is 71.8 Å². The van der Waals surface area contributed by atoms with Crippen LogP contribution < -0.4 is 16.2 Å². The highest BCUT2D eigenvalue weighted by Gasteiger charge is 2.09. The number of carbonyl (C=O) groups is 3. The molecule has 2 rings (SSSR count). The Morgan fingerprint density at radius 3 is 2.12 bits per heavy atom. The Morgan fingerprint density at radius 1 is 0.879 bits per heavy atom. The van der Waals surface area contributed by atoms with Gasteiger partial charge in [-0.3, -0.25) is 0 Å². The zero-order valence-corrected chi connectivity index (χ0v) is 18.2. The summed E-state index contributed by atoms with van der Waals surface area (Å²) in [6.07, 6.45) is 2.84. The molecule has 0 spiro atoms. The van der Waals surface area contributed by atoms with E-state index in [2.05, 4.69) is 6.58 Å². The topological polar surface area (TPSA) is 140 Å². The smallest absolute Gasteiger partial charge is 0.338 e. The van der Waals surface area contributed by atoms with Crippen LogP contribution in [0, 0.1) is 0 Å². The number of nitrogen functional groups attached to an aromatic ring is 2. The molecule has 0 radical (unpaired) electrons. The van der Waals surface area contributed by atoms with Crippen molar-refractivity contribution < 1.29 is 33.3 Å². The molecule has 0 unspecified atom stereocenters. The Labute approximate surface area is 191 Å². The largest absolute Gasteiger partial charge is 0.490 e. The molecular weight excluding hydrogens is 428 g/mol. The van der Waals surface area contributed by atoms with Gasteiger partial charge in [-0.25, -0.2) is 14.4 Å². The van der Waals surface area contributed by atoms with Crippen molar-refractivity contribution in [1.29, 1.82) is 0 Å². The van der Waals surface area contributed by atoms with E-state index in [9.17, 15) is 14.4 Å². The zero-order valence-electron chi connectivity index (χ0n) is 18.2. The van der Waals surface area contributed by atoms with Gasteiger partial charge in [-0.15, -0.1) is 0 Å².